The summed E-state index contributed by atoms with van der Waals surface area (Å²) in [5.74, 6) is 0. The fourth-order valence-electron chi connectivity index (χ4n) is 2.11. The number of nitrogens with zero attached hydrogens (tertiary/aromatic N) is 1. The minimum atomic E-state index is 0.511. The second-order valence-electron chi connectivity index (χ2n) is 5.43. The first-order valence-electron chi connectivity index (χ1n) is 7.08. The minimum Gasteiger partial charge on any atom is -0.381 e. The van der Waals surface area contributed by atoms with Crippen molar-refractivity contribution in [3.05, 3.63) is 23.4 Å². The van der Waals surface area contributed by atoms with E-state index in [2.05, 4.69) is 37.1 Å². The summed E-state index contributed by atoms with van der Waals surface area (Å²) in [5, 5.41) is 5.27. The van der Waals surface area contributed by atoms with Crippen LogP contribution in [0.4, 0.5) is 0 Å². The molecule has 1 aliphatic rings. The summed E-state index contributed by atoms with van der Waals surface area (Å²) in [6.45, 7) is 9.17. The van der Waals surface area contributed by atoms with E-state index in [0.717, 1.165) is 32.6 Å². The maximum Gasteiger partial charge on any atom is 0.0991 e. The van der Waals surface area contributed by atoms with Gasteiger partial charge < -0.3 is 10.1 Å². The second kappa shape index (κ2) is 7.27. The lowest BCUT2D eigenvalue weighted by molar-refractivity contribution is 0.1000. The van der Waals surface area contributed by atoms with Crippen LogP contribution in [0.5, 0.6) is 0 Å². The molecule has 1 saturated heterocycles. The zero-order valence-electron chi connectivity index (χ0n) is 12.1. The van der Waals surface area contributed by atoms with Gasteiger partial charge in [0, 0.05) is 37.2 Å². The zero-order valence-corrected chi connectivity index (χ0v) is 12.9. The summed E-state index contributed by atoms with van der Waals surface area (Å²) in [5.41, 5.74) is 2.56. The molecular weight excluding hydrogens is 256 g/mol. The predicted molar refractivity (Wildman–Crippen MR) is 80.6 cm³/mol. The van der Waals surface area contributed by atoms with E-state index in [-0.39, 0.29) is 0 Å². The molecule has 0 amide bonds. The summed E-state index contributed by atoms with van der Waals surface area (Å²) >= 11 is 1.91. The van der Waals surface area contributed by atoms with Crippen molar-refractivity contribution < 1.29 is 4.74 Å². The van der Waals surface area contributed by atoms with Crippen LogP contribution in [0.2, 0.25) is 0 Å². The monoisotopic (exact) mass is 280 g/mol. The number of hydrogen-bond acceptors (Lipinski definition) is 4. The molecule has 1 N–H and O–H groups in total. The van der Waals surface area contributed by atoms with Crippen molar-refractivity contribution in [2.75, 3.05) is 13.2 Å². The first-order chi connectivity index (χ1) is 9.15. The Balaban J connectivity index is 1.94. The van der Waals surface area contributed by atoms with Gasteiger partial charge in [-0.1, -0.05) is 19.9 Å². The molecule has 0 spiro atoms. The largest absolute Gasteiger partial charge is 0.381 e. The van der Waals surface area contributed by atoms with E-state index >= 15 is 0 Å². The van der Waals surface area contributed by atoms with Gasteiger partial charge in [-0.25, -0.2) is 4.98 Å². The Hall–Kier alpha value is -0.580. The third-order valence-electron chi connectivity index (χ3n) is 3.25. The molecule has 2 heterocycles. The molecule has 19 heavy (non-hydrogen) atoms. The number of hydrogen-bond donors (Lipinski definition) is 1. The minimum absolute atomic E-state index is 0.511. The molecule has 0 radical (unpaired) electrons. The lowest BCUT2D eigenvalue weighted by atomic mass is 10.2. The smallest absolute Gasteiger partial charge is 0.0991 e. The molecule has 0 saturated carbocycles. The summed E-state index contributed by atoms with van der Waals surface area (Å²) < 4.78 is 5.40. The van der Waals surface area contributed by atoms with Crippen molar-refractivity contribution in [2.45, 2.75) is 56.5 Å². The Labute approximate surface area is 120 Å². The Bertz CT molecular complexity index is 403. The third-order valence-corrected chi connectivity index (χ3v) is 4.70. The number of thioether (sulfide) groups is 1. The van der Waals surface area contributed by atoms with Gasteiger partial charge in [0.05, 0.1) is 5.03 Å². The normalized spacial score (nSPS) is 17.1. The van der Waals surface area contributed by atoms with Crippen molar-refractivity contribution in [1.29, 1.82) is 0 Å². The van der Waals surface area contributed by atoms with Crippen LogP contribution in [0.1, 0.15) is 37.8 Å². The van der Waals surface area contributed by atoms with Crippen molar-refractivity contribution >= 4 is 11.8 Å². The topological polar surface area (TPSA) is 34.2 Å². The maximum absolute atomic E-state index is 5.40. The highest BCUT2D eigenvalue weighted by Gasteiger charge is 2.16. The Morgan fingerprint density at radius 3 is 2.79 bits per heavy atom. The number of nitrogens with one attached hydrogen (secondary N) is 1. The first-order valence-corrected chi connectivity index (χ1v) is 7.96. The molecule has 106 valence electrons. The van der Waals surface area contributed by atoms with E-state index in [0.29, 0.717) is 11.3 Å². The van der Waals surface area contributed by atoms with Crippen LogP contribution in [0.3, 0.4) is 0 Å². The van der Waals surface area contributed by atoms with Crippen molar-refractivity contribution in [3.8, 4) is 0 Å². The molecule has 2 rings (SSSR count). The quantitative estimate of drug-likeness (QED) is 0.898. The van der Waals surface area contributed by atoms with Crippen molar-refractivity contribution in [1.82, 2.24) is 10.3 Å². The van der Waals surface area contributed by atoms with Crippen LogP contribution >= 0.6 is 11.8 Å². The summed E-state index contributed by atoms with van der Waals surface area (Å²) in [6.07, 6.45) is 4.29. The standard InChI is InChI=1S/C15H24N2OS/c1-11(2)16-9-13-8-12(3)15(17-10-13)19-14-4-6-18-7-5-14/h8,10-11,14,16H,4-7,9H2,1-3H3. The molecule has 4 heteroatoms. The van der Waals surface area contributed by atoms with Gasteiger partial charge in [0.25, 0.3) is 0 Å². The second-order valence-corrected chi connectivity index (χ2v) is 6.72. The fraction of sp³-hybridized carbons (Fsp3) is 0.667. The number of aromatic nitrogens is 1. The molecule has 0 aliphatic carbocycles. The van der Waals surface area contributed by atoms with Gasteiger partial charge in [0.15, 0.2) is 0 Å². The predicted octanol–water partition coefficient (Wildman–Crippen LogP) is 3.16. The first kappa shape index (κ1) is 14.8. The van der Waals surface area contributed by atoms with E-state index in [4.69, 9.17) is 4.74 Å². The van der Waals surface area contributed by atoms with Gasteiger partial charge >= 0.3 is 0 Å². The lowest BCUT2D eigenvalue weighted by Gasteiger charge is -2.21. The van der Waals surface area contributed by atoms with E-state index in [1.165, 1.54) is 16.2 Å². The molecule has 3 nitrogen and oxygen atoms in total. The van der Waals surface area contributed by atoms with Crippen LogP contribution in [-0.2, 0) is 11.3 Å². The fourth-order valence-corrected chi connectivity index (χ4v) is 3.22. The lowest BCUT2D eigenvalue weighted by Crippen LogP contribution is -2.22. The average molecular weight is 280 g/mol. The van der Waals surface area contributed by atoms with Crippen LogP contribution in [0.15, 0.2) is 17.3 Å². The van der Waals surface area contributed by atoms with Gasteiger partial charge in [-0.2, -0.15) is 0 Å². The molecule has 0 atom stereocenters. The van der Waals surface area contributed by atoms with E-state index in [9.17, 15) is 0 Å². The number of aryl methyl sites for hydroxylation is 1. The van der Waals surface area contributed by atoms with E-state index in [1.807, 2.05) is 18.0 Å². The highest BCUT2D eigenvalue weighted by atomic mass is 32.2. The number of rotatable bonds is 5. The Morgan fingerprint density at radius 1 is 1.42 bits per heavy atom. The highest BCUT2D eigenvalue weighted by molar-refractivity contribution is 7.99. The maximum atomic E-state index is 5.40. The zero-order chi connectivity index (χ0) is 13.7. The summed E-state index contributed by atoms with van der Waals surface area (Å²) in [6, 6.07) is 2.76. The highest BCUT2D eigenvalue weighted by Crippen LogP contribution is 2.30. The molecular formula is C15H24N2OS. The van der Waals surface area contributed by atoms with Crippen LogP contribution in [-0.4, -0.2) is 29.5 Å². The molecule has 0 aromatic carbocycles. The summed E-state index contributed by atoms with van der Waals surface area (Å²) in [7, 11) is 0. The molecule has 1 fully saturated rings. The van der Waals surface area contributed by atoms with Crippen molar-refractivity contribution in [2.24, 2.45) is 0 Å². The molecule has 1 aromatic heterocycles. The molecule has 0 bridgehead atoms. The van der Waals surface area contributed by atoms with Crippen LogP contribution in [0, 0.1) is 6.92 Å². The Morgan fingerprint density at radius 2 is 2.16 bits per heavy atom. The number of pyridine rings is 1. The van der Waals surface area contributed by atoms with Crippen molar-refractivity contribution in [3.63, 3.8) is 0 Å². The van der Waals surface area contributed by atoms with E-state index in [1.54, 1.807) is 0 Å². The molecule has 1 aromatic rings. The van der Waals surface area contributed by atoms with Gasteiger partial charge in [-0.3, -0.25) is 0 Å². The van der Waals surface area contributed by atoms with Gasteiger partial charge in [-0.15, -0.1) is 11.8 Å². The van der Waals surface area contributed by atoms with Crippen LogP contribution < -0.4 is 5.32 Å². The SMILES string of the molecule is Cc1cc(CNC(C)C)cnc1SC1CCOCC1. The van der Waals surface area contributed by atoms with Crippen LogP contribution in [0.25, 0.3) is 0 Å². The molecule has 0 unspecified atom stereocenters. The number of ether oxygens (including phenoxy) is 1. The van der Waals surface area contributed by atoms with Gasteiger partial charge in [0.1, 0.15) is 0 Å². The molecule has 1 aliphatic heterocycles. The average Bonchev–Trinajstić information content (AvgIpc) is 2.40. The van der Waals surface area contributed by atoms with E-state index < -0.39 is 0 Å². The summed E-state index contributed by atoms with van der Waals surface area (Å²) in [4.78, 5) is 4.63. The van der Waals surface area contributed by atoms with Gasteiger partial charge in [0.2, 0.25) is 0 Å². The Kier molecular flexibility index (Phi) is 5.67. The third kappa shape index (κ3) is 4.79. The van der Waals surface area contributed by atoms with Gasteiger partial charge in [-0.05, 0) is 30.9 Å².